The van der Waals surface area contributed by atoms with Gasteiger partial charge in [0, 0.05) is 42.6 Å². The van der Waals surface area contributed by atoms with Crippen LogP contribution < -0.4 is 22.6 Å². The average Bonchev–Trinajstić information content (AvgIpc) is 3.17. The number of allylic oxidation sites excluding steroid dienone is 1. The lowest BCUT2D eigenvalue weighted by Gasteiger charge is -2.05. The van der Waals surface area contributed by atoms with E-state index in [-0.39, 0.29) is 12.1 Å². The number of thiazole rings is 1. The first-order chi connectivity index (χ1) is 13.1. The van der Waals surface area contributed by atoms with Gasteiger partial charge in [0.15, 0.2) is 5.65 Å². The summed E-state index contributed by atoms with van der Waals surface area (Å²) in [5, 5.41) is 5.99. The minimum absolute atomic E-state index is 0.149. The van der Waals surface area contributed by atoms with Crippen LogP contribution >= 0.6 is 11.3 Å². The summed E-state index contributed by atoms with van der Waals surface area (Å²) >= 11 is 1.56. The van der Waals surface area contributed by atoms with Gasteiger partial charge in [-0.3, -0.25) is 15.6 Å². The zero-order chi connectivity index (χ0) is 19.0. The van der Waals surface area contributed by atoms with Crippen LogP contribution in [0.5, 0.6) is 0 Å². The standard InChI is InChI=1S/C17H18N8OS/c1-24-14-12(8-22-25(17(14)26)9-10(18)7-21-19)15-16(24)23-13(27-15)6-11-4-2-3-5-20-11/h2-5,7-8,21H,6,9,18-19H2,1H3/b10-7-. The molecule has 0 atom stereocenters. The molecule has 4 aromatic rings. The van der Waals surface area contributed by atoms with Crippen molar-refractivity contribution in [2.45, 2.75) is 13.0 Å². The Morgan fingerprint density at radius 2 is 2.26 bits per heavy atom. The highest BCUT2D eigenvalue weighted by Crippen LogP contribution is 2.31. The fourth-order valence-electron chi connectivity index (χ4n) is 3.00. The predicted octanol–water partition coefficient (Wildman–Crippen LogP) is 0.594. The number of nitrogens with zero attached hydrogens (tertiary/aromatic N) is 5. The fourth-order valence-corrected chi connectivity index (χ4v) is 4.13. The third kappa shape index (κ3) is 3.04. The van der Waals surface area contributed by atoms with Crippen molar-refractivity contribution >= 4 is 32.6 Å². The van der Waals surface area contributed by atoms with Gasteiger partial charge in [0.2, 0.25) is 0 Å². The fraction of sp³-hybridized carbons (Fsp3) is 0.176. The molecule has 0 fully saturated rings. The van der Waals surface area contributed by atoms with Crippen LogP contribution in [-0.2, 0) is 20.0 Å². The summed E-state index contributed by atoms with van der Waals surface area (Å²) < 4.78 is 4.07. The number of fused-ring (bicyclic) bond motifs is 3. The third-order valence-electron chi connectivity index (χ3n) is 4.23. The summed E-state index contributed by atoms with van der Waals surface area (Å²) in [6, 6.07) is 5.81. The number of hydrazine groups is 1. The van der Waals surface area contributed by atoms with Crippen molar-refractivity contribution < 1.29 is 0 Å². The zero-order valence-electron chi connectivity index (χ0n) is 14.6. The molecule has 0 amide bonds. The second-order valence-electron chi connectivity index (χ2n) is 6.07. The minimum atomic E-state index is -0.222. The van der Waals surface area contributed by atoms with Crippen molar-refractivity contribution in [3.63, 3.8) is 0 Å². The summed E-state index contributed by atoms with van der Waals surface area (Å²) in [6.45, 7) is 0.149. The number of nitrogens with one attached hydrogen (secondary N) is 1. The Balaban J connectivity index is 1.78. The molecule has 0 spiro atoms. The number of hydrogen-bond donors (Lipinski definition) is 3. The molecule has 0 aliphatic carbocycles. The first kappa shape index (κ1) is 17.2. The van der Waals surface area contributed by atoms with Crippen LogP contribution in [0.1, 0.15) is 10.7 Å². The number of rotatable bonds is 5. The summed E-state index contributed by atoms with van der Waals surface area (Å²) in [6.07, 6.45) is 5.53. The van der Waals surface area contributed by atoms with Crippen LogP contribution in [0.3, 0.4) is 0 Å². The SMILES string of the molecule is Cn1c2nc(Cc3ccccn3)sc2c2cnn(C/C(N)=C/NN)c(=O)c21. The largest absolute Gasteiger partial charge is 0.399 e. The van der Waals surface area contributed by atoms with Crippen LogP contribution in [0.15, 0.2) is 47.3 Å². The lowest BCUT2D eigenvalue weighted by atomic mass is 10.3. The molecule has 4 heterocycles. The highest BCUT2D eigenvalue weighted by molar-refractivity contribution is 7.19. The van der Waals surface area contributed by atoms with Gasteiger partial charge in [-0.25, -0.2) is 9.67 Å². The van der Waals surface area contributed by atoms with Crippen LogP contribution in [-0.4, -0.2) is 24.3 Å². The summed E-state index contributed by atoms with van der Waals surface area (Å²) in [7, 11) is 1.83. The van der Waals surface area contributed by atoms with Crippen molar-refractivity contribution in [2.75, 3.05) is 0 Å². The van der Waals surface area contributed by atoms with Gasteiger partial charge in [-0.2, -0.15) is 5.10 Å². The van der Waals surface area contributed by atoms with Crippen molar-refractivity contribution in [1.29, 1.82) is 0 Å². The number of pyridine rings is 1. The monoisotopic (exact) mass is 382 g/mol. The molecule has 0 aliphatic heterocycles. The lowest BCUT2D eigenvalue weighted by Crippen LogP contribution is -2.27. The number of aromatic nitrogens is 5. The summed E-state index contributed by atoms with van der Waals surface area (Å²) in [5.74, 6) is 5.21. The van der Waals surface area contributed by atoms with E-state index in [0.29, 0.717) is 17.6 Å². The second kappa shape index (κ2) is 6.82. The molecule has 0 unspecified atom stereocenters. The normalized spacial score (nSPS) is 12.1. The Kier molecular flexibility index (Phi) is 4.34. The molecular weight excluding hydrogens is 364 g/mol. The highest BCUT2D eigenvalue weighted by Gasteiger charge is 2.18. The summed E-state index contributed by atoms with van der Waals surface area (Å²) in [5.41, 5.74) is 10.6. The molecule has 4 aromatic heterocycles. The van der Waals surface area contributed by atoms with E-state index >= 15 is 0 Å². The molecule has 138 valence electrons. The molecule has 27 heavy (non-hydrogen) atoms. The molecule has 0 bridgehead atoms. The average molecular weight is 382 g/mol. The maximum absolute atomic E-state index is 12.8. The number of aryl methyl sites for hydroxylation is 1. The molecule has 4 rings (SSSR count). The van der Waals surface area contributed by atoms with Gasteiger partial charge in [-0.15, -0.1) is 11.3 Å². The van der Waals surface area contributed by atoms with Gasteiger partial charge < -0.3 is 15.7 Å². The molecule has 0 saturated carbocycles. The first-order valence-electron chi connectivity index (χ1n) is 8.23. The Morgan fingerprint density at radius 3 is 3.00 bits per heavy atom. The first-order valence-corrected chi connectivity index (χ1v) is 9.04. The van der Waals surface area contributed by atoms with Crippen LogP contribution in [0.25, 0.3) is 21.3 Å². The van der Waals surface area contributed by atoms with E-state index in [1.54, 1.807) is 23.7 Å². The van der Waals surface area contributed by atoms with E-state index < -0.39 is 0 Å². The molecule has 0 radical (unpaired) electrons. The molecule has 10 heteroatoms. The van der Waals surface area contributed by atoms with E-state index in [4.69, 9.17) is 16.6 Å². The van der Waals surface area contributed by atoms with Gasteiger partial charge >= 0.3 is 0 Å². The van der Waals surface area contributed by atoms with Gasteiger partial charge in [-0.05, 0) is 12.1 Å². The van der Waals surface area contributed by atoms with Crippen molar-refractivity contribution in [1.82, 2.24) is 29.7 Å². The van der Waals surface area contributed by atoms with E-state index in [2.05, 4.69) is 15.5 Å². The topological polar surface area (TPSA) is 130 Å². The van der Waals surface area contributed by atoms with Gasteiger partial charge in [-0.1, -0.05) is 6.07 Å². The molecule has 9 nitrogen and oxygen atoms in total. The van der Waals surface area contributed by atoms with Crippen molar-refractivity contribution in [2.24, 2.45) is 18.6 Å². The highest BCUT2D eigenvalue weighted by atomic mass is 32.1. The Hall–Kier alpha value is -3.24. The lowest BCUT2D eigenvalue weighted by molar-refractivity contribution is 0.628. The maximum atomic E-state index is 12.8. The quantitative estimate of drug-likeness (QED) is 0.340. The van der Waals surface area contributed by atoms with Crippen LogP contribution in [0.2, 0.25) is 0 Å². The second-order valence-corrected chi connectivity index (χ2v) is 7.16. The zero-order valence-corrected chi connectivity index (χ0v) is 15.4. The minimum Gasteiger partial charge on any atom is -0.399 e. The van der Waals surface area contributed by atoms with Crippen molar-refractivity contribution in [3.05, 3.63) is 63.5 Å². The van der Waals surface area contributed by atoms with E-state index in [9.17, 15) is 4.79 Å². The van der Waals surface area contributed by atoms with Crippen molar-refractivity contribution in [3.8, 4) is 0 Å². The number of hydrogen-bond acceptors (Lipinski definition) is 8. The third-order valence-corrected chi connectivity index (χ3v) is 5.31. The Bertz CT molecular complexity index is 1200. The van der Waals surface area contributed by atoms with E-state index in [1.807, 2.05) is 29.8 Å². The van der Waals surface area contributed by atoms with Crippen LogP contribution in [0, 0.1) is 0 Å². The van der Waals surface area contributed by atoms with Gasteiger partial charge in [0.05, 0.1) is 17.4 Å². The molecule has 0 saturated heterocycles. The molecule has 0 aromatic carbocycles. The molecular formula is C17H18N8OS. The van der Waals surface area contributed by atoms with Crippen LogP contribution in [0.4, 0.5) is 0 Å². The molecule has 5 N–H and O–H groups in total. The maximum Gasteiger partial charge on any atom is 0.291 e. The Morgan fingerprint density at radius 1 is 1.41 bits per heavy atom. The smallest absolute Gasteiger partial charge is 0.291 e. The Labute approximate surface area is 157 Å². The summed E-state index contributed by atoms with van der Waals surface area (Å²) in [4.78, 5) is 21.9. The van der Waals surface area contributed by atoms with Gasteiger partial charge in [0.1, 0.15) is 10.5 Å². The number of nitrogens with two attached hydrogens (primary N) is 2. The molecule has 0 aliphatic rings. The van der Waals surface area contributed by atoms with E-state index in [0.717, 1.165) is 26.4 Å². The predicted molar refractivity (Wildman–Crippen MR) is 105 cm³/mol. The van der Waals surface area contributed by atoms with Gasteiger partial charge in [0.25, 0.3) is 5.56 Å². The van der Waals surface area contributed by atoms with E-state index in [1.165, 1.54) is 10.9 Å².